The van der Waals surface area contributed by atoms with Gasteiger partial charge in [-0.05, 0) is 64.2 Å². The Morgan fingerprint density at radius 3 is 1.88 bits per heavy atom. The van der Waals surface area contributed by atoms with Crippen LogP contribution in [0.2, 0.25) is 0 Å². The molecule has 12 nitrogen and oxygen atoms in total. The number of carbonyl (C=O) groups excluding carboxylic acids is 3. The maximum absolute atomic E-state index is 12.4. The molecule has 3 N–H and O–H groups in total. The molecule has 1 aromatic rings. The van der Waals surface area contributed by atoms with Crippen molar-refractivity contribution in [1.29, 1.82) is 0 Å². The first-order valence-electron chi connectivity index (χ1n) is 13.6. The van der Waals surface area contributed by atoms with Gasteiger partial charge in [0, 0.05) is 5.92 Å². The van der Waals surface area contributed by atoms with E-state index >= 15 is 0 Å². The third-order valence-electron chi connectivity index (χ3n) is 6.10. The number of carboxylic acids is 1. The fourth-order valence-electron chi connectivity index (χ4n) is 3.42. The van der Waals surface area contributed by atoms with Gasteiger partial charge in [0.15, 0.2) is 11.5 Å². The molecular weight excluding hydrogens is 526 g/mol. The average molecular weight is 570 g/mol. The summed E-state index contributed by atoms with van der Waals surface area (Å²) in [4.78, 5) is 48.5. The predicted molar refractivity (Wildman–Crippen MR) is 145 cm³/mol. The number of hydrogen-bond acceptors (Lipinski definition) is 11. The lowest BCUT2D eigenvalue weighted by molar-refractivity contribution is -0.139. The fourth-order valence-corrected chi connectivity index (χ4v) is 3.42. The van der Waals surface area contributed by atoms with Crippen molar-refractivity contribution in [1.82, 2.24) is 0 Å². The van der Waals surface area contributed by atoms with Crippen molar-refractivity contribution in [3.05, 3.63) is 23.8 Å². The van der Waals surface area contributed by atoms with Crippen LogP contribution in [0.5, 0.6) is 11.5 Å². The van der Waals surface area contributed by atoms with Crippen LogP contribution in [-0.4, -0.2) is 60.5 Å². The molecule has 12 heteroatoms. The predicted octanol–water partition coefficient (Wildman–Crippen LogP) is 5.93. The van der Waals surface area contributed by atoms with Crippen LogP contribution in [0.15, 0.2) is 18.2 Å². The summed E-state index contributed by atoms with van der Waals surface area (Å²) >= 11 is 0. The van der Waals surface area contributed by atoms with Gasteiger partial charge in [-0.1, -0.05) is 39.7 Å². The van der Waals surface area contributed by atoms with Crippen molar-refractivity contribution in [2.75, 3.05) is 6.61 Å². The first kappa shape index (κ1) is 34.5. The van der Waals surface area contributed by atoms with E-state index in [0.29, 0.717) is 24.8 Å². The molecule has 0 radical (unpaired) electrons. The largest absolute Gasteiger partial charge is 0.514 e. The lowest BCUT2D eigenvalue weighted by atomic mass is 9.87. The summed E-state index contributed by atoms with van der Waals surface area (Å²) in [6.07, 6.45) is -0.883. The number of hydrogen-bond donors (Lipinski definition) is 2. The second kappa shape index (κ2) is 17.9. The number of benzene rings is 1. The highest BCUT2D eigenvalue weighted by Gasteiger charge is 2.30. The Morgan fingerprint density at radius 1 is 0.800 bits per heavy atom. The van der Waals surface area contributed by atoms with Crippen molar-refractivity contribution >= 4 is 24.4 Å². The summed E-state index contributed by atoms with van der Waals surface area (Å²) in [5.74, 6) is -2.55. The Balaban J connectivity index is 3.24. The van der Waals surface area contributed by atoms with Crippen LogP contribution in [-0.2, 0) is 23.7 Å². The maximum Gasteiger partial charge on any atom is 0.514 e. The Hall–Kier alpha value is -3.54. The molecule has 0 heterocycles. The molecule has 226 valence electrons. The Labute approximate surface area is 235 Å². The van der Waals surface area contributed by atoms with E-state index < -0.39 is 54.7 Å². The van der Waals surface area contributed by atoms with E-state index in [2.05, 4.69) is 0 Å². The molecule has 1 aromatic carbocycles. The van der Waals surface area contributed by atoms with Crippen LogP contribution in [0.3, 0.4) is 0 Å². The summed E-state index contributed by atoms with van der Waals surface area (Å²) in [5.41, 5.74) is 6.33. The first-order valence-corrected chi connectivity index (χ1v) is 13.6. The van der Waals surface area contributed by atoms with Gasteiger partial charge >= 0.3 is 24.4 Å². The third kappa shape index (κ3) is 12.5. The van der Waals surface area contributed by atoms with Gasteiger partial charge in [0.05, 0.1) is 6.61 Å². The minimum Gasteiger partial charge on any atom is -0.480 e. The molecule has 0 fully saturated rings. The number of rotatable bonds is 16. The lowest BCUT2D eigenvalue weighted by Crippen LogP contribution is -2.38. The van der Waals surface area contributed by atoms with E-state index in [1.807, 2.05) is 20.8 Å². The molecule has 0 saturated carbocycles. The molecule has 1 rings (SSSR count). The lowest BCUT2D eigenvalue weighted by Gasteiger charge is -2.25. The van der Waals surface area contributed by atoms with E-state index in [-0.39, 0.29) is 24.5 Å². The summed E-state index contributed by atoms with van der Waals surface area (Å²) in [6, 6.07) is 2.72. The average Bonchev–Trinajstić information content (AvgIpc) is 2.89. The van der Waals surface area contributed by atoms with E-state index in [1.165, 1.54) is 18.2 Å². The van der Waals surface area contributed by atoms with Gasteiger partial charge in [0.1, 0.15) is 24.4 Å². The molecular formula is C28H43NO11. The monoisotopic (exact) mass is 569 g/mol. The molecule has 0 bridgehead atoms. The van der Waals surface area contributed by atoms with E-state index in [4.69, 9.17) is 34.2 Å². The smallest absolute Gasteiger partial charge is 0.480 e. The van der Waals surface area contributed by atoms with Crippen LogP contribution >= 0.6 is 0 Å². The van der Waals surface area contributed by atoms with Crippen LogP contribution < -0.4 is 15.2 Å². The number of aliphatic carboxylic acids is 1. The zero-order valence-electron chi connectivity index (χ0n) is 24.2. The van der Waals surface area contributed by atoms with Gasteiger partial charge < -0.3 is 39.3 Å². The van der Waals surface area contributed by atoms with Crippen molar-refractivity contribution in [2.24, 2.45) is 5.73 Å². The van der Waals surface area contributed by atoms with Gasteiger partial charge in [-0.25, -0.2) is 14.4 Å². The molecule has 0 saturated heterocycles. The highest BCUT2D eigenvalue weighted by Crippen LogP contribution is 2.35. The van der Waals surface area contributed by atoms with Gasteiger partial charge in [-0.15, -0.1) is 0 Å². The second-order valence-corrected chi connectivity index (χ2v) is 9.52. The molecule has 40 heavy (non-hydrogen) atoms. The van der Waals surface area contributed by atoms with Crippen molar-refractivity contribution in [3.63, 3.8) is 0 Å². The third-order valence-corrected chi connectivity index (χ3v) is 6.10. The first-order chi connectivity index (χ1) is 18.9. The van der Waals surface area contributed by atoms with Gasteiger partial charge in [-0.2, -0.15) is 0 Å². The molecule has 4 unspecified atom stereocenters. The second-order valence-electron chi connectivity index (χ2n) is 9.52. The highest BCUT2D eigenvalue weighted by molar-refractivity contribution is 5.75. The number of nitrogens with two attached hydrogens (primary N) is 1. The van der Waals surface area contributed by atoms with Crippen molar-refractivity contribution < 1.29 is 52.7 Å². The molecule has 0 aromatic heterocycles. The zero-order valence-corrected chi connectivity index (χ0v) is 24.2. The number of carboxylic acid groups (broad SMARTS) is 1. The fraction of sp³-hybridized carbons (Fsp3) is 0.643. The normalized spacial score (nSPS) is 14.6. The van der Waals surface area contributed by atoms with Crippen LogP contribution in [0.1, 0.15) is 91.5 Å². The SMILES string of the molecule is CCCCCOC(=O)OC(C)CC(c1ccc(OC(=O)OC(C)CC)c(OC(=O)OC(C)CC)c1)[C@H](N)C(=O)O. The van der Waals surface area contributed by atoms with Crippen LogP contribution in [0.25, 0.3) is 0 Å². The zero-order chi connectivity index (χ0) is 30.2. The van der Waals surface area contributed by atoms with E-state index in [9.17, 15) is 24.3 Å². The number of unbranched alkanes of at least 4 members (excludes halogenated alkanes) is 2. The summed E-state index contributed by atoms with van der Waals surface area (Å²) < 4.78 is 31.2. The number of ether oxygens (including phenoxy) is 6. The molecule has 0 spiro atoms. The Bertz CT molecular complexity index is 968. The van der Waals surface area contributed by atoms with Gasteiger partial charge in [0.2, 0.25) is 0 Å². The standard InChI is InChI=1S/C28H43NO11/c1-7-10-11-14-35-26(32)38-19(6)15-21(24(29)25(30)31)20-12-13-22(39-27(33)36-17(4)8-2)23(16-20)40-28(34)37-18(5)9-3/h12-13,16-19,21,24H,7-11,14-15,29H2,1-6H3,(H,30,31)/t17?,18?,19?,21?,24-/m0/s1. The summed E-state index contributed by atoms with van der Waals surface area (Å²) in [6.45, 7) is 10.8. The van der Waals surface area contributed by atoms with Crippen LogP contribution in [0, 0.1) is 0 Å². The summed E-state index contributed by atoms with van der Waals surface area (Å²) in [5, 5.41) is 9.65. The highest BCUT2D eigenvalue weighted by atomic mass is 16.8. The van der Waals surface area contributed by atoms with Crippen molar-refractivity contribution in [3.8, 4) is 11.5 Å². The van der Waals surface area contributed by atoms with E-state index in [1.54, 1.807) is 20.8 Å². The molecule has 0 aliphatic rings. The quantitative estimate of drug-likeness (QED) is 0.104. The Morgan fingerprint density at radius 2 is 1.35 bits per heavy atom. The van der Waals surface area contributed by atoms with Crippen LogP contribution in [0.4, 0.5) is 14.4 Å². The van der Waals surface area contributed by atoms with E-state index in [0.717, 1.165) is 12.8 Å². The molecule has 0 amide bonds. The molecule has 0 aliphatic carbocycles. The minimum atomic E-state index is -1.41. The minimum absolute atomic E-state index is 0.00451. The maximum atomic E-state index is 12.4. The number of carbonyl (C=O) groups is 4. The van der Waals surface area contributed by atoms with Gasteiger partial charge in [0.25, 0.3) is 0 Å². The molecule has 0 aliphatic heterocycles. The Kier molecular flexibility index (Phi) is 15.5. The van der Waals surface area contributed by atoms with Gasteiger partial charge in [-0.3, -0.25) is 4.79 Å². The molecule has 5 atom stereocenters. The topological polar surface area (TPSA) is 170 Å². The van der Waals surface area contributed by atoms with Crippen molar-refractivity contribution in [2.45, 2.75) is 110 Å². The summed E-state index contributed by atoms with van der Waals surface area (Å²) in [7, 11) is 0.